The van der Waals surface area contributed by atoms with Crippen LogP contribution in [0, 0.1) is 0 Å². The number of nitrogens with one attached hydrogen (secondary N) is 2. The molecule has 0 radical (unpaired) electrons. The van der Waals surface area contributed by atoms with Gasteiger partial charge in [0.25, 0.3) is 0 Å². The Morgan fingerprint density at radius 2 is 1.86 bits per heavy atom. The number of H-pyrrole nitrogens is 1. The first-order valence-corrected chi connectivity index (χ1v) is 9.91. The number of hydrogen-bond donors (Lipinski definition) is 2. The summed E-state index contributed by atoms with van der Waals surface area (Å²) in [7, 11) is 1.62. The van der Waals surface area contributed by atoms with E-state index < -0.39 is 0 Å². The molecule has 0 aliphatic heterocycles. The lowest BCUT2D eigenvalue weighted by atomic mass is 10.2. The maximum absolute atomic E-state index is 12.3. The van der Waals surface area contributed by atoms with E-state index in [1.54, 1.807) is 7.11 Å². The summed E-state index contributed by atoms with van der Waals surface area (Å²) >= 11 is 1.53. The molecule has 4 rings (SSSR count). The van der Waals surface area contributed by atoms with Crippen LogP contribution in [0.3, 0.4) is 0 Å². The zero-order valence-electron chi connectivity index (χ0n) is 15.8. The number of methoxy groups -OCH3 is 1. The molecule has 2 heterocycles. The minimum Gasteiger partial charge on any atom is -0.497 e. The monoisotopic (exact) mass is 405 g/mol. The molecular weight excluding hydrogens is 386 g/mol. The van der Waals surface area contributed by atoms with Gasteiger partial charge in [0.1, 0.15) is 16.6 Å². The molecule has 1 amide bonds. The molecule has 0 saturated carbocycles. The maximum atomic E-state index is 12.3. The zero-order valence-corrected chi connectivity index (χ0v) is 16.6. The molecule has 0 atom stereocenters. The molecule has 146 valence electrons. The van der Waals surface area contributed by atoms with E-state index in [-0.39, 0.29) is 18.9 Å². The van der Waals surface area contributed by atoms with Gasteiger partial charge < -0.3 is 10.1 Å². The number of carbonyl (C=O) groups excluding carboxylic acids is 1. The van der Waals surface area contributed by atoms with Crippen molar-refractivity contribution in [3.63, 3.8) is 0 Å². The quantitative estimate of drug-likeness (QED) is 0.491. The lowest BCUT2D eigenvalue weighted by molar-refractivity contribution is -0.120. The van der Waals surface area contributed by atoms with Crippen molar-refractivity contribution in [2.75, 3.05) is 7.11 Å². The second-order valence-electron chi connectivity index (χ2n) is 6.30. The van der Waals surface area contributed by atoms with Crippen molar-refractivity contribution in [1.82, 2.24) is 25.5 Å². The molecule has 4 aromatic rings. The third-order valence-corrected chi connectivity index (χ3v) is 5.19. The van der Waals surface area contributed by atoms with Crippen LogP contribution in [0.5, 0.6) is 5.75 Å². The average Bonchev–Trinajstić information content (AvgIpc) is 3.43. The second kappa shape index (κ2) is 8.66. The van der Waals surface area contributed by atoms with Crippen LogP contribution in [-0.2, 0) is 17.8 Å². The van der Waals surface area contributed by atoms with Crippen molar-refractivity contribution in [2.24, 2.45) is 0 Å². The van der Waals surface area contributed by atoms with Crippen LogP contribution < -0.4 is 10.1 Å². The first-order valence-electron chi connectivity index (χ1n) is 9.03. The van der Waals surface area contributed by atoms with Gasteiger partial charge in [-0.05, 0) is 24.3 Å². The molecule has 2 aromatic carbocycles. The van der Waals surface area contributed by atoms with Crippen molar-refractivity contribution >= 4 is 17.2 Å². The molecule has 0 saturated heterocycles. The van der Waals surface area contributed by atoms with Crippen LogP contribution in [0.25, 0.3) is 22.0 Å². The number of ether oxygens (including phenoxy) is 1. The molecule has 2 aromatic heterocycles. The minimum atomic E-state index is -0.114. The van der Waals surface area contributed by atoms with Gasteiger partial charge in [0.15, 0.2) is 5.82 Å². The molecule has 7 nitrogen and oxygen atoms in total. The van der Waals surface area contributed by atoms with Crippen molar-refractivity contribution < 1.29 is 9.53 Å². The first-order chi connectivity index (χ1) is 14.2. The van der Waals surface area contributed by atoms with Gasteiger partial charge in [-0.15, -0.1) is 11.3 Å². The number of amides is 1. The summed E-state index contributed by atoms with van der Waals surface area (Å²) in [6.07, 6.45) is 0.225. The number of carbonyl (C=O) groups is 1. The van der Waals surface area contributed by atoms with Gasteiger partial charge in [0, 0.05) is 16.5 Å². The molecule has 8 heteroatoms. The summed E-state index contributed by atoms with van der Waals surface area (Å²) in [6.45, 7) is 0.275. The van der Waals surface area contributed by atoms with Gasteiger partial charge in [0.2, 0.25) is 5.91 Å². The Labute approximate surface area is 171 Å². The maximum Gasteiger partial charge on any atom is 0.226 e. The number of thiazole rings is 1. The molecule has 0 fully saturated rings. The number of aromatic nitrogens is 4. The third kappa shape index (κ3) is 4.67. The predicted octanol–water partition coefficient (Wildman–Crippen LogP) is 3.46. The molecule has 2 N–H and O–H groups in total. The fourth-order valence-electron chi connectivity index (χ4n) is 2.75. The van der Waals surface area contributed by atoms with Gasteiger partial charge in [-0.25, -0.2) is 9.97 Å². The van der Waals surface area contributed by atoms with E-state index >= 15 is 0 Å². The Morgan fingerprint density at radius 3 is 2.62 bits per heavy atom. The van der Waals surface area contributed by atoms with Gasteiger partial charge in [-0.3, -0.25) is 9.89 Å². The van der Waals surface area contributed by atoms with Gasteiger partial charge >= 0.3 is 0 Å². The lowest BCUT2D eigenvalue weighted by Crippen LogP contribution is -2.25. The predicted molar refractivity (Wildman–Crippen MR) is 111 cm³/mol. The lowest BCUT2D eigenvalue weighted by Gasteiger charge is -2.01. The first kappa shape index (κ1) is 18.8. The van der Waals surface area contributed by atoms with Crippen LogP contribution in [0.2, 0.25) is 0 Å². The fraction of sp³-hybridized carbons (Fsp3) is 0.143. The SMILES string of the molecule is COc1ccc(-c2n[nH]c(CNC(=O)Cc3csc(-c4ccccc4)n3)n2)cc1. The van der Waals surface area contributed by atoms with E-state index in [2.05, 4.69) is 25.5 Å². The number of rotatable bonds is 7. The molecule has 0 aliphatic rings. The smallest absolute Gasteiger partial charge is 0.226 e. The zero-order chi connectivity index (χ0) is 20.1. The normalized spacial score (nSPS) is 10.7. The highest BCUT2D eigenvalue weighted by molar-refractivity contribution is 7.13. The molecule has 0 spiro atoms. The molecule has 0 unspecified atom stereocenters. The van der Waals surface area contributed by atoms with Crippen molar-refractivity contribution in [3.8, 4) is 27.7 Å². The van der Waals surface area contributed by atoms with Gasteiger partial charge in [0.05, 0.1) is 25.8 Å². The topological polar surface area (TPSA) is 92.8 Å². The summed E-state index contributed by atoms with van der Waals surface area (Å²) in [5.74, 6) is 1.82. The van der Waals surface area contributed by atoms with Crippen molar-refractivity contribution in [2.45, 2.75) is 13.0 Å². The van der Waals surface area contributed by atoms with E-state index in [0.29, 0.717) is 11.6 Å². The van der Waals surface area contributed by atoms with E-state index in [9.17, 15) is 4.79 Å². The highest BCUT2D eigenvalue weighted by atomic mass is 32.1. The van der Waals surface area contributed by atoms with Crippen LogP contribution in [-0.4, -0.2) is 33.2 Å². The van der Waals surface area contributed by atoms with Crippen LogP contribution in [0.15, 0.2) is 60.0 Å². The summed E-state index contributed by atoms with van der Waals surface area (Å²) in [4.78, 5) is 21.2. The van der Waals surface area contributed by atoms with Crippen molar-refractivity contribution in [3.05, 3.63) is 71.5 Å². The van der Waals surface area contributed by atoms with Crippen LogP contribution in [0.1, 0.15) is 11.5 Å². The van der Waals surface area contributed by atoms with Crippen LogP contribution >= 0.6 is 11.3 Å². The highest BCUT2D eigenvalue weighted by Crippen LogP contribution is 2.23. The number of aromatic amines is 1. The van der Waals surface area contributed by atoms with E-state index in [1.165, 1.54) is 11.3 Å². The minimum absolute atomic E-state index is 0.114. The molecule has 0 bridgehead atoms. The number of hydrogen-bond acceptors (Lipinski definition) is 6. The van der Waals surface area contributed by atoms with E-state index in [0.717, 1.165) is 27.6 Å². The number of benzene rings is 2. The second-order valence-corrected chi connectivity index (χ2v) is 7.16. The van der Waals surface area contributed by atoms with Gasteiger partial charge in [-0.1, -0.05) is 30.3 Å². The summed E-state index contributed by atoms with van der Waals surface area (Å²) in [5.41, 5.74) is 2.68. The van der Waals surface area contributed by atoms with E-state index in [4.69, 9.17) is 4.74 Å². The summed E-state index contributed by atoms with van der Waals surface area (Å²) < 4.78 is 5.15. The van der Waals surface area contributed by atoms with Crippen molar-refractivity contribution in [1.29, 1.82) is 0 Å². The largest absolute Gasteiger partial charge is 0.497 e. The highest BCUT2D eigenvalue weighted by Gasteiger charge is 2.11. The Morgan fingerprint density at radius 1 is 1.07 bits per heavy atom. The fourth-order valence-corrected chi connectivity index (χ4v) is 3.58. The van der Waals surface area contributed by atoms with Crippen LogP contribution in [0.4, 0.5) is 0 Å². The van der Waals surface area contributed by atoms with Gasteiger partial charge in [-0.2, -0.15) is 5.10 Å². The number of nitrogens with zero attached hydrogens (tertiary/aromatic N) is 3. The Bertz CT molecular complexity index is 1090. The summed E-state index contributed by atoms with van der Waals surface area (Å²) in [5, 5.41) is 12.7. The van der Waals surface area contributed by atoms with E-state index in [1.807, 2.05) is 60.0 Å². The Balaban J connectivity index is 1.32. The Kier molecular flexibility index (Phi) is 5.62. The average molecular weight is 405 g/mol. The summed E-state index contributed by atoms with van der Waals surface area (Å²) in [6, 6.07) is 17.4. The molecule has 29 heavy (non-hydrogen) atoms. The molecule has 0 aliphatic carbocycles. The Hall–Kier alpha value is -3.52. The third-order valence-electron chi connectivity index (χ3n) is 4.25. The standard InChI is InChI=1S/C21H19N5O2S/c1-28-17-9-7-14(8-10-17)20-24-18(25-26-20)12-22-19(27)11-16-13-29-21(23-16)15-5-3-2-4-6-15/h2-10,13H,11-12H2,1H3,(H,22,27)(H,24,25,26). The molecular formula is C21H19N5O2S.